The average molecular weight is 440 g/mol. The van der Waals surface area contributed by atoms with Gasteiger partial charge in [-0.3, -0.25) is 14.2 Å². The topological polar surface area (TPSA) is 175 Å². The van der Waals surface area contributed by atoms with E-state index in [-0.39, 0.29) is 5.82 Å². The molecule has 6 atom stereocenters. The van der Waals surface area contributed by atoms with Crippen LogP contribution in [-0.2, 0) is 25.5 Å². The summed E-state index contributed by atoms with van der Waals surface area (Å²) in [5.74, 6) is -0.504. The Morgan fingerprint density at radius 2 is 2.06 bits per heavy atom. The SMILES string of the molecule is Nc1ncnc2c1ncn2[C@@H]1O[C@H](C(=O)N[C@H]2c3ccccc3C[C@H]2OC=O)[C@@H](O)[C@H]1O. The number of fused-ring (bicyclic) bond motifs is 2. The summed E-state index contributed by atoms with van der Waals surface area (Å²) in [5, 5.41) is 23.9. The molecule has 0 saturated carbocycles. The van der Waals surface area contributed by atoms with Gasteiger partial charge < -0.3 is 30.7 Å². The number of hydrogen-bond acceptors (Lipinski definition) is 10. The van der Waals surface area contributed by atoms with Crippen molar-refractivity contribution in [2.75, 3.05) is 5.73 Å². The lowest BCUT2D eigenvalue weighted by atomic mass is 10.1. The van der Waals surface area contributed by atoms with E-state index in [2.05, 4.69) is 20.3 Å². The van der Waals surface area contributed by atoms with Crippen molar-refractivity contribution in [1.29, 1.82) is 0 Å². The van der Waals surface area contributed by atoms with Crippen LogP contribution in [0, 0.1) is 0 Å². The number of carbonyl (C=O) groups is 2. The first-order valence-corrected chi connectivity index (χ1v) is 9.91. The molecule has 1 saturated heterocycles. The number of aromatic nitrogens is 4. The Morgan fingerprint density at radius 1 is 1.25 bits per heavy atom. The minimum absolute atomic E-state index is 0.150. The minimum atomic E-state index is -1.52. The molecule has 1 aliphatic carbocycles. The molecular formula is C20H20N6O6. The van der Waals surface area contributed by atoms with Gasteiger partial charge >= 0.3 is 0 Å². The molecule has 2 aliphatic rings. The van der Waals surface area contributed by atoms with Gasteiger partial charge in [0.1, 0.15) is 30.2 Å². The number of imidazole rings is 1. The molecular weight excluding hydrogens is 420 g/mol. The summed E-state index contributed by atoms with van der Waals surface area (Å²) in [7, 11) is 0. The van der Waals surface area contributed by atoms with Crippen molar-refractivity contribution in [3.05, 3.63) is 48.0 Å². The highest BCUT2D eigenvalue weighted by molar-refractivity contribution is 5.83. The van der Waals surface area contributed by atoms with Crippen molar-refractivity contribution in [2.24, 2.45) is 0 Å². The molecule has 0 bridgehead atoms. The van der Waals surface area contributed by atoms with E-state index in [9.17, 15) is 19.8 Å². The number of benzene rings is 1. The summed E-state index contributed by atoms with van der Waals surface area (Å²) in [4.78, 5) is 36.0. The summed E-state index contributed by atoms with van der Waals surface area (Å²) in [6, 6.07) is 6.79. The van der Waals surface area contributed by atoms with Crippen LogP contribution in [0.5, 0.6) is 0 Å². The van der Waals surface area contributed by atoms with Crippen LogP contribution >= 0.6 is 0 Å². The van der Waals surface area contributed by atoms with Gasteiger partial charge in [0, 0.05) is 6.42 Å². The van der Waals surface area contributed by atoms with Crippen LogP contribution in [0.1, 0.15) is 23.4 Å². The summed E-state index contributed by atoms with van der Waals surface area (Å²) < 4.78 is 12.3. The fourth-order valence-electron chi connectivity index (χ4n) is 4.32. The molecule has 1 aliphatic heterocycles. The number of nitrogens with two attached hydrogens (primary N) is 1. The highest BCUT2D eigenvalue weighted by Crippen LogP contribution is 2.35. The number of carbonyl (C=O) groups excluding carboxylic acids is 2. The van der Waals surface area contributed by atoms with E-state index in [1.165, 1.54) is 17.2 Å². The molecule has 1 aromatic carbocycles. The van der Waals surface area contributed by atoms with Gasteiger partial charge in [-0.15, -0.1) is 0 Å². The normalized spacial score (nSPS) is 29.1. The lowest BCUT2D eigenvalue weighted by Gasteiger charge is -2.23. The molecule has 0 spiro atoms. The average Bonchev–Trinajstić information content (AvgIpc) is 3.45. The van der Waals surface area contributed by atoms with E-state index in [0.29, 0.717) is 24.1 Å². The molecule has 3 heterocycles. The van der Waals surface area contributed by atoms with Crippen LogP contribution in [0.15, 0.2) is 36.9 Å². The summed E-state index contributed by atoms with van der Waals surface area (Å²) in [5.41, 5.74) is 8.14. The van der Waals surface area contributed by atoms with Crippen LogP contribution in [0.2, 0.25) is 0 Å². The number of anilines is 1. The second-order valence-corrected chi connectivity index (χ2v) is 7.67. The number of aliphatic hydroxyl groups is 2. The van der Waals surface area contributed by atoms with Gasteiger partial charge in [-0.05, 0) is 11.1 Å². The van der Waals surface area contributed by atoms with Crippen LogP contribution in [0.25, 0.3) is 11.2 Å². The van der Waals surface area contributed by atoms with Crippen LogP contribution in [0.3, 0.4) is 0 Å². The zero-order valence-corrected chi connectivity index (χ0v) is 16.6. The quantitative estimate of drug-likeness (QED) is 0.360. The monoisotopic (exact) mass is 440 g/mol. The van der Waals surface area contributed by atoms with Gasteiger partial charge in [0.25, 0.3) is 12.4 Å². The summed E-state index contributed by atoms with van der Waals surface area (Å²) in [6.45, 7) is 0.341. The third-order valence-corrected chi connectivity index (χ3v) is 5.87. The van der Waals surface area contributed by atoms with Crippen molar-refractivity contribution in [3.63, 3.8) is 0 Å². The zero-order valence-electron chi connectivity index (χ0n) is 16.6. The molecule has 1 fully saturated rings. The van der Waals surface area contributed by atoms with E-state index in [0.717, 1.165) is 11.1 Å². The third-order valence-electron chi connectivity index (χ3n) is 5.87. The van der Waals surface area contributed by atoms with Gasteiger partial charge in [0.15, 0.2) is 23.8 Å². The fraction of sp³-hybridized carbons (Fsp3) is 0.350. The van der Waals surface area contributed by atoms with Crippen LogP contribution in [-0.4, -0.2) is 66.5 Å². The van der Waals surface area contributed by atoms with Gasteiger partial charge in [0.05, 0.1) is 12.4 Å². The van der Waals surface area contributed by atoms with Gasteiger partial charge in [-0.2, -0.15) is 0 Å². The van der Waals surface area contributed by atoms with Gasteiger partial charge in [0.2, 0.25) is 0 Å². The Morgan fingerprint density at radius 3 is 2.88 bits per heavy atom. The Bertz CT molecular complexity index is 1180. The maximum absolute atomic E-state index is 13.0. The van der Waals surface area contributed by atoms with Crippen molar-refractivity contribution < 1.29 is 29.3 Å². The van der Waals surface area contributed by atoms with E-state index >= 15 is 0 Å². The lowest BCUT2D eigenvalue weighted by molar-refractivity contribution is -0.142. The van der Waals surface area contributed by atoms with E-state index < -0.39 is 42.6 Å². The number of nitrogens with one attached hydrogen (secondary N) is 1. The first-order valence-electron chi connectivity index (χ1n) is 9.91. The molecule has 1 amide bonds. The smallest absolute Gasteiger partial charge is 0.293 e. The molecule has 12 nitrogen and oxygen atoms in total. The van der Waals surface area contributed by atoms with Crippen molar-refractivity contribution in [1.82, 2.24) is 24.8 Å². The lowest BCUT2D eigenvalue weighted by Crippen LogP contribution is -2.46. The predicted molar refractivity (Wildman–Crippen MR) is 108 cm³/mol. The molecule has 0 radical (unpaired) electrons. The third kappa shape index (κ3) is 3.16. The maximum Gasteiger partial charge on any atom is 0.293 e. The standard InChI is InChI=1S/C20H20N6O6/c21-17-13-18(23-6-22-17)26(7-24-13)20-15(29)14(28)16(32-20)19(30)25-12-10-4-2-1-3-9(10)5-11(12)31-8-27/h1-4,6-8,11-12,14-16,20,28-29H,5H2,(H,25,30)(H2,21,22,23)/t11-,12+,14+,15-,16+,20-/m1/s1. The van der Waals surface area contributed by atoms with Crippen LogP contribution in [0.4, 0.5) is 5.82 Å². The number of nitrogens with zero attached hydrogens (tertiary/aromatic N) is 4. The number of rotatable bonds is 5. The molecule has 2 aromatic heterocycles. The first kappa shape index (κ1) is 20.3. The molecule has 12 heteroatoms. The number of hydrogen-bond donors (Lipinski definition) is 4. The fourth-order valence-corrected chi connectivity index (χ4v) is 4.32. The van der Waals surface area contributed by atoms with Gasteiger partial charge in [-0.1, -0.05) is 24.3 Å². The molecule has 0 unspecified atom stereocenters. The number of amides is 1. The highest BCUT2D eigenvalue weighted by Gasteiger charge is 2.49. The highest BCUT2D eigenvalue weighted by atomic mass is 16.6. The molecule has 5 rings (SSSR count). The Hall–Kier alpha value is -3.61. The molecule has 166 valence electrons. The van der Waals surface area contributed by atoms with E-state index in [4.69, 9.17) is 15.2 Å². The predicted octanol–water partition coefficient (Wildman–Crippen LogP) is -1.02. The van der Waals surface area contributed by atoms with Crippen molar-refractivity contribution in [3.8, 4) is 0 Å². The van der Waals surface area contributed by atoms with E-state index in [1.54, 1.807) is 0 Å². The maximum atomic E-state index is 13.0. The number of nitrogen functional groups attached to an aromatic ring is 1. The largest absolute Gasteiger partial charge is 0.462 e. The zero-order chi connectivity index (χ0) is 22.4. The Labute approximate surface area is 181 Å². The number of ether oxygens (including phenoxy) is 2. The first-order chi connectivity index (χ1) is 15.5. The minimum Gasteiger partial charge on any atom is -0.462 e. The van der Waals surface area contributed by atoms with Gasteiger partial charge in [-0.25, -0.2) is 15.0 Å². The Balaban J connectivity index is 1.38. The van der Waals surface area contributed by atoms with Crippen LogP contribution < -0.4 is 11.1 Å². The number of aliphatic hydroxyl groups excluding tert-OH is 2. The molecule has 3 aromatic rings. The van der Waals surface area contributed by atoms with Crippen molar-refractivity contribution >= 4 is 29.4 Å². The van der Waals surface area contributed by atoms with Crippen molar-refractivity contribution in [2.45, 2.75) is 43.1 Å². The summed E-state index contributed by atoms with van der Waals surface area (Å²) >= 11 is 0. The second kappa shape index (κ2) is 7.82. The second-order valence-electron chi connectivity index (χ2n) is 7.67. The molecule has 32 heavy (non-hydrogen) atoms. The Kier molecular flexibility index (Phi) is 4.96. The summed E-state index contributed by atoms with van der Waals surface area (Å²) in [6.07, 6.45) is -3.02. The van der Waals surface area contributed by atoms with E-state index in [1.807, 2.05) is 24.3 Å². The molecule has 5 N–H and O–H groups in total.